The van der Waals surface area contributed by atoms with Crippen LogP contribution >= 0.6 is 15.9 Å². The van der Waals surface area contributed by atoms with Crippen molar-refractivity contribution in [3.05, 3.63) is 52.8 Å². The Kier molecular flexibility index (Phi) is 3.57. The molecule has 1 aromatic heterocycles. The number of para-hydroxylation sites is 1. The maximum Gasteiger partial charge on any atom is 0.146 e. The number of hydrogen-bond acceptors (Lipinski definition) is 2. The van der Waals surface area contributed by atoms with Crippen LogP contribution in [-0.4, -0.2) is 4.98 Å². The van der Waals surface area contributed by atoms with Crippen molar-refractivity contribution in [1.82, 2.24) is 4.98 Å². The standard InChI is InChI=1S/C13H12BrNO/c1-2-10-5-3-4-6-13(10)16-12-7-11(14)8-15-9-12/h3-9H,2H2,1H3. The van der Waals surface area contributed by atoms with E-state index in [9.17, 15) is 0 Å². The van der Waals surface area contributed by atoms with Gasteiger partial charge < -0.3 is 4.74 Å². The van der Waals surface area contributed by atoms with E-state index in [1.165, 1.54) is 5.56 Å². The molecule has 0 spiro atoms. The number of hydrogen-bond donors (Lipinski definition) is 0. The number of aryl methyl sites for hydroxylation is 1. The van der Waals surface area contributed by atoms with Crippen molar-refractivity contribution in [2.45, 2.75) is 13.3 Å². The van der Waals surface area contributed by atoms with Gasteiger partial charge >= 0.3 is 0 Å². The minimum atomic E-state index is 0.746. The molecule has 2 rings (SSSR count). The van der Waals surface area contributed by atoms with Crippen LogP contribution in [0.4, 0.5) is 0 Å². The van der Waals surface area contributed by atoms with E-state index in [4.69, 9.17) is 4.74 Å². The Morgan fingerprint density at radius 3 is 2.81 bits per heavy atom. The number of rotatable bonds is 3. The SMILES string of the molecule is CCc1ccccc1Oc1cncc(Br)c1. The van der Waals surface area contributed by atoms with Crippen molar-refractivity contribution in [1.29, 1.82) is 0 Å². The van der Waals surface area contributed by atoms with Crippen molar-refractivity contribution in [2.75, 3.05) is 0 Å². The minimum Gasteiger partial charge on any atom is -0.455 e. The highest BCUT2D eigenvalue weighted by Gasteiger charge is 2.02. The molecule has 3 heteroatoms. The van der Waals surface area contributed by atoms with Gasteiger partial charge in [-0.1, -0.05) is 25.1 Å². The summed E-state index contributed by atoms with van der Waals surface area (Å²) in [5, 5.41) is 0. The van der Waals surface area contributed by atoms with Crippen LogP contribution < -0.4 is 4.74 Å². The van der Waals surface area contributed by atoms with E-state index in [0.717, 1.165) is 22.4 Å². The lowest BCUT2D eigenvalue weighted by atomic mass is 10.1. The molecule has 2 nitrogen and oxygen atoms in total. The first-order valence-corrected chi connectivity index (χ1v) is 5.95. The largest absolute Gasteiger partial charge is 0.455 e. The molecule has 0 fully saturated rings. The minimum absolute atomic E-state index is 0.746. The van der Waals surface area contributed by atoms with E-state index in [-0.39, 0.29) is 0 Å². The van der Waals surface area contributed by atoms with Crippen LogP contribution in [0.25, 0.3) is 0 Å². The fourth-order valence-corrected chi connectivity index (χ4v) is 1.81. The molecule has 1 aromatic carbocycles. The van der Waals surface area contributed by atoms with E-state index in [1.807, 2.05) is 24.3 Å². The number of benzene rings is 1. The molecule has 16 heavy (non-hydrogen) atoms. The van der Waals surface area contributed by atoms with Crippen LogP contribution in [0.5, 0.6) is 11.5 Å². The van der Waals surface area contributed by atoms with Gasteiger partial charge in [0.05, 0.1) is 6.20 Å². The second-order valence-corrected chi connectivity index (χ2v) is 4.32. The predicted molar refractivity (Wildman–Crippen MR) is 67.8 cm³/mol. The molecule has 0 aliphatic rings. The number of halogens is 1. The molecule has 0 aliphatic carbocycles. The van der Waals surface area contributed by atoms with Crippen molar-refractivity contribution in [3.8, 4) is 11.5 Å². The maximum absolute atomic E-state index is 5.79. The number of aromatic nitrogens is 1. The van der Waals surface area contributed by atoms with E-state index in [0.29, 0.717) is 0 Å². The van der Waals surface area contributed by atoms with Gasteiger partial charge in [0.25, 0.3) is 0 Å². The lowest BCUT2D eigenvalue weighted by Gasteiger charge is -2.09. The van der Waals surface area contributed by atoms with Crippen LogP contribution in [0.2, 0.25) is 0 Å². The fourth-order valence-electron chi connectivity index (χ4n) is 1.47. The molecule has 0 aliphatic heterocycles. The summed E-state index contributed by atoms with van der Waals surface area (Å²) in [5.41, 5.74) is 1.20. The number of pyridine rings is 1. The van der Waals surface area contributed by atoms with Gasteiger partial charge in [-0.3, -0.25) is 4.98 Å². The monoisotopic (exact) mass is 277 g/mol. The topological polar surface area (TPSA) is 22.1 Å². The summed E-state index contributed by atoms with van der Waals surface area (Å²) >= 11 is 3.37. The van der Waals surface area contributed by atoms with E-state index < -0.39 is 0 Å². The van der Waals surface area contributed by atoms with Gasteiger partial charge in [-0.25, -0.2) is 0 Å². The molecular weight excluding hydrogens is 266 g/mol. The van der Waals surface area contributed by atoms with Gasteiger partial charge in [0.1, 0.15) is 11.5 Å². The summed E-state index contributed by atoms with van der Waals surface area (Å²) in [7, 11) is 0. The molecule has 0 radical (unpaired) electrons. The maximum atomic E-state index is 5.79. The Hall–Kier alpha value is -1.35. The third-order valence-corrected chi connectivity index (χ3v) is 2.69. The quantitative estimate of drug-likeness (QED) is 0.839. The zero-order chi connectivity index (χ0) is 11.4. The molecule has 2 aromatic rings. The van der Waals surface area contributed by atoms with Crippen LogP contribution in [0.3, 0.4) is 0 Å². The van der Waals surface area contributed by atoms with Crippen molar-refractivity contribution in [3.63, 3.8) is 0 Å². The van der Waals surface area contributed by atoms with Crippen LogP contribution in [0.15, 0.2) is 47.2 Å². The van der Waals surface area contributed by atoms with Gasteiger partial charge in [0, 0.05) is 10.7 Å². The van der Waals surface area contributed by atoms with Crippen LogP contribution in [0, 0.1) is 0 Å². The van der Waals surface area contributed by atoms with E-state index >= 15 is 0 Å². The summed E-state index contributed by atoms with van der Waals surface area (Å²) in [6.07, 6.45) is 4.40. The van der Waals surface area contributed by atoms with Crippen molar-refractivity contribution >= 4 is 15.9 Å². The summed E-state index contributed by atoms with van der Waals surface area (Å²) in [5.74, 6) is 1.64. The molecule has 0 saturated heterocycles. The van der Waals surface area contributed by atoms with E-state index in [1.54, 1.807) is 12.4 Å². The molecular formula is C13H12BrNO. The molecule has 0 N–H and O–H groups in total. The molecule has 0 unspecified atom stereocenters. The van der Waals surface area contributed by atoms with Crippen molar-refractivity contribution in [2.24, 2.45) is 0 Å². The summed E-state index contributed by atoms with van der Waals surface area (Å²) in [4.78, 5) is 4.06. The molecule has 0 amide bonds. The zero-order valence-electron chi connectivity index (χ0n) is 8.98. The third-order valence-electron chi connectivity index (χ3n) is 2.26. The van der Waals surface area contributed by atoms with Gasteiger partial charge in [-0.05, 0) is 40.0 Å². The summed E-state index contributed by atoms with van der Waals surface area (Å²) < 4.78 is 6.70. The molecule has 1 heterocycles. The molecule has 0 atom stereocenters. The second-order valence-electron chi connectivity index (χ2n) is 3.40. The average molecular weight is 278 g/mol. The molecule has 0 bridgehead atoms. The molecule has 82 valence electrons. The third kappa shape index (κ3) is 2.61. The van der Waals surface area contributed by atoms with Gasteiger partial charge in [-0.2, -0.15) is 0 Å². The van der Waals surface area contributed by atoms with Gasteiger partial charge in [0.2, 0.25) is 0 Å². The highest BCUT2D eigenvalue weighted by atomic mass is 79.9. The van der Waals surface area contributed by atoms with Gasteiger partial charge in [-0.15, -0.1) is 0 Å². The highest BCUT2D eigenvalue weighted by molar-refractivity contribution is 9.10. The Bertz CT molecular complexity index is 485. The van der Waals surface area contributed by atoms with Crippen molar-refractivity contribution < 1.29 is 4.74 Å². The van der Waals surface area contributed by atoms with Gasteiger partial charge in [0.15, 0.2) is 0 Å². The number of ether oxygens (including phenoxy) is 1. The fraction of sp³-hybridized carbons (Fsp3) is 0.154. The second kappa shape index (κ2) is 5.12. The highest BCUT2D eigenvalue weighted by Crippen LogP contribution is 2.26. The van der Waals surface area contributed by atoms with Crippen LogP contribution in [0.1, 0.15) is 12.5 Å². The summed E-state index contributed by atoms with van der Waals surface area (Å²) in [6, 6.07) is 9.94. The Morgan fingerprint density at radius 2 is 2.06 bits per heavy atom. The van der Waals surface area contributed by atoms with Crippen LogP contribution in [-0.2, 0) is 6.42 Å². The first-order valence-electron chi connectivity index (χ1n) is 5.16. The Balaban J connectivity index is 2.26. The first-order chi connectivity index (χ1) is 7.79. The first kappa shape index (κ1) is 11.1. The average Bonchev–Trinajstić information content (AvgIpc) is 2.30. The molecule has 0 saturated carbocycles. The Labute approximate surface area is 103 Å². The van der Waals surface area contributed by atoms with E-state index in [2.05, 4.69) is 33.9 Å². The Morgan fingerprint density at radius 1 is 1.25 bits per heavy atom. The smallest absolute Gasteiger partial charge is 0.146 e. The normalized spacial score (nSPS) is 10.1. The predicted octanol–water partition coefficient (Wildman–Crippen LogP) is 4.20. The lowest BCUT2D eigenvalue weighted by molar-refractivity contribution is 0.474. The zero-order valence-corrected chi connectivity index (χ0v) is 10.6. The number of nitrogens with zero attached hydrogens (tertiary/aromatic N) is 1. The summed E-state index contributed by atoms with van der Waals surface area (Å²) in [6.45, 7) is 2.11. The lowest BCUT2D eigenvalue weighted by Crippen LogP contribution is -1.90.